The van der Waals surface area contributed by atoms with Crippen molar-refractivity contribution in [1.82, 2.24) is 5.32 Å². The Labute approximate surface area is 203 Å². The molecule has 32 heavy (non-hydrogen) atoms. The van der Waals surface area contributed by atoms with E-state index in [0.29, 0.717) is 37.9 Å². The van der Waals surface area contributed by atoms with Crippen molar-refractivity contribution in [2.45, 2.75) is 26.1 Å². The molecule has 1 N–H and O–H groups in total. The van der Waals surface area contributed by atoms with Gasteiger partial charge in [-0.05, 0) is 63.8 Å². The molecule has 0 saturated carbocycles. The number of benzene rings is 3. The van der Waals surface area contributed by atoms with Crippen molar-refractivity contribution < 1.29 is 18.9 Å². The Hall–Kier alpha value is -2.41. The Kier molecular flexibility index (Phi) is 8.67. The van der Waals surface area contributed by atoms with E-state index < -0.39 is 0 Å². The third kappa shape index (κ3) is 5.88. The van der Waals surface area contributed by atoms with Crippen molar-refractivity contribution in [3.05, 3.63) is 81.8 Å². The van der Waals surface area contributed by atoms with Crippen LogP contribution in [0.2, 0.25) is 0 Å². The molecule has 4 rings (SSSR count). The first-order valence-corrected chi connectivity index (χ1v) is 11.1. The fourth-order valence-electron chi connectivity index (χ4n) is 3.48. The molecule has 170 valence electrons. The highest BCUT2D eigenvalue weighted by molar-refractivity contribution is 9.10. The molecule has 7 heteroatoms. The smallest absolute Gasteiger partial charge is 0.175 e. The second-order valence-corrected chi connectivity index (χ2v) is 8.24. The van der Waals surface area contributed by atoms with Crippen LogP contribution in [0.3, 0.4) is 0 Å². The summed E-state index contributed by atoms with van der Waals surface area (Å²) in [6.07, 6.45) is 0. The summed E-state index contributed by atoms with van der Waals surface area (Å²) >= 11 is 3.65. The van der Waals surface area contributed by atoms with Crippen LogP contribution in [0.15, 0.2) is 65.1 Å². The zero-order valence-corrected chi connectivity index (χ0v) is 20.5. The minimum absolute atomic E-state index is 0. The zero-order valence-electron chi connectivity index (χ0n) is 18.1. The summed E-state index contributed by atoms with van der Waals surface area (Å²) in [6, 6.07) is 20.6. The molecule has 1 heterocycles. The number of hydrogen-bond acceptors (Lipinski definition) is 5. The molecule has 0 aliphatic carbocycles. The normalized spacial score (nSPS) is 13.1. The van der Waals surface area contributed by atoms with E-state index in [2.05, 4.69) is 58.5 Å². The van der Waals surface area contributed by atoms with Gasteiger partial charge in [0.15, 0.2) is 23.0 Å². The maximum Gasteiger partial charge on any atom is 0.175 e. The molecule has 0 saturated heterocycles. The van der Waals surface area contributed by atoms with E-state index in [9.17, 15) is 0 Å². The van der Waals surface area contributed by atoms with Crippen molar-refractivity contribution in [3.63, 3.8) is 0 Å². The molecule has 0 aromatic heterocycles. The van der Waals surface area contributed by atoms with E-state index in [0.717, 1.165) is 27.1 Å². The van der Waals surface area contributed by atoms with Gasteiger partial charge in [0, 0.05) is 12.6 Å². The largest absolute Gasteiger partial charge is 0.493 e. The van der Waals surface area contributed by atoms with Crippen molar-refractivity contribution >= 4 is 28.3 Å². The van der Waals surface area contributed by atoms with Crippen LogP contribution >= 0.6 is 28.3 Å². The molecule has 3 aromatic carbocycles. The quantitative estimate of drug-likeness (QED) is 0.390. The van der Waals surface area contributed by atoms with Crippen LogP contribution in [0.1, 0.15) is 29.7 Å². The van der Waals surface area contributed by atoms with Crippen molar-refractivity contribution in [3.8, 4) is 23.0 Å². The predicted molar refractivity (Wildman–Crippen MR) is 131 cm³/mol. The summed E-state index contributed by atoms with van der Waals surface area (Å²) in [5.74, 6) is 2.90. The van der Waals surface area contributed by atoms with Crippen LogP contribution < -0.4 is 24.3 Å². The Balaban J connectivity index is 0.00000289. The average Bonchev–Trinajstić information content (AvgIpc) is 2.81. The lowest BCUT2D eigenvalue weighted by Crippen LogP contribution is -2.18. The molecule has 1 aliphatic heterocycles. The molecule has 1 unspecified atom stereocenters. The monoisotopic (exact) mass is 519 g/mol. The lowest BCUT2D eigenvalue weighted by Gasteiger charge is -2.19. The molecule has 1 aliphatic rings. The van der Waals surface area contributed by atoms with Gasteiger partial charge < -0.3 is 24.3 Å². The van der Waals surface area contributed by atoms with Crippen LogP contribution in [-0.2, 0) is 13.2 Å². The van der Waals surface area contributed by atoms with Gasteiger partial charge in [-0.15, -0.1) is 12.4 Å². The van der Waals surface area contributed by atoms with E-state index >= 15 is 0 Å². The summed E-state index contributed by atoms with van der Waals surface area (Å²) in [5, 5.41) is 3.56. The second-order valence-electron chi connectivity index (χ2n) is 7.39. The molecule has 0 radical (unpaired) electrons. The number of ether oxygens (including phenoxy) is 4. The molecule has 0 bridgehead atoms. The molecule has 3 aromatic rings. The van der Waals surface area contributed by atoms with Crippen molar-refractivity contribution in [1.29, 1.82) is 0 Å². The minimum Gasteiger partial charge on any atom is -0.493 e. The fraction of sp³-hybridized carbons (Fsp3) is 0.280. The van der Waals surface area contributed by atoms with E-state index in [1.54, 1.807) is 7.11 Å². The summed E-state index contributed by atoms with van der Waals surface area (Å²) in [4.78, 5) is 0. The first-order chi connectivity index (χ1) is 15.1. The highest BCUT2D eigenvalue weighted by Gasteiger charge is 2.15. The van der Waals surface area contributed by atoms with E-state index in [4.69, 9.17) is 18.9 Å². The lowest BCUT2D eigenvalue weighted by molar-refractivity contribution is 0.171. The third-order valence-corrected chi connectivity index (χ3v) is 5.78. The zero-order chi connectivity index (χ0) is 21.6. The van der Waals surface area contributed by atoms with Gasteiger partial charge in [0.25, 0.3) is 0 Å². The SMILES string of the molecule is COc1cc(CNC(C)c2ccccc2)cc(Br)c1OCc1ccc2c(c1)OCCO2.Cl. The van der Waals surface area contributed by atoms with Gasteiger partial charge in [-0.25, -0.2) is 0 Å². The fourth-order valence-corrected chi connectivity index (χ4v) is 4.08. The van der Waals surface area contributed by atoms with Gasteiger partial charge in [-0.3, -0.25) is 0 Å². The maximum atomic E-state index is 6.10. The number of halogens is 2. The third-order valence-electron chi connectivity index (χ3n) is 5.19. The molecular weight excluding hydrogens is 494 g/mol. The molecule has 0 fully saturated rings. The van der Waals surface area contributed by atoms with Gasteiger partial charge >= 0.3 is 0 Å². The Morgan fingerprint density at radius 1 is 0.969 bits per heavy atom. The first-order valence-electron chi connectivity index (χ1n) is 10.3. The summed E-state index contributed by atoms with van der Waals surface area (Å²) in [6.45, 7) is 4.42. The number of hydrogen-bond donors (Lipinski definition) is 1. The van der Waals surface area contributed by atoms with E-state index in [1.165, 1.54) is 5.56 Å². The average molecular weight is 521 g/mol. The number of nitrogens with one attached hydrogen (secondary N) is 1. The van der Waals surface area contributed by atoms with Gasteiger partial charge in [-0.2, -0.15) is 0 Å². The van der Waals surface area contributed by atoms with Crippen molar-refractivity contribution in [2.75, 3.05) is 20.3 Å². The van der Waals surface area contributed by atoms with Crippen LogP contribution in [0.4, 0.5) is 0 Å². The standard InChI is InChI=1S/C25H26BrNO4.ClH/c1-17(20-6-4-3-5-7-20)27-15-19-12-21(26)25(24(14-19)28-2)31-16-18-8-9-22-23(13-18)30-11-10-29-22;/h3-9,12-14,17,27H,10-11,15-16H2,1-2H3;1H. The van der Waals surface area contributed by atoms with Gasteiger partial charge in [-0.1, -0.05) is 36.4 Å². The second kappa shape index (κ2) is 11.5. The molecule has 0 amide bonds. The molecule has 1 atom stereocenters. The van der Waals surface area contributed by atoms with Crippen LogP contribution in [0.5, 0.6) is 23.0 Å². The topological polar surface area (TPSA) is 49.0 Å². The van der Waals surface area contributed by atoms with Crippen LogP contribution in [0.25, 0.3) is 0 Å². The number of fused-ring (bicyclic) bond motifs is 1. The lowest BCUT2D eigenvalue weighted by atomic mass is 10.1. The summed E-state index contributed by atoms with van der Waals surface area (Å²) in [5.41, 5.74) is 3.37. The van der Waals surface area contributed by atoms with Crippen LogP contribution in [0, 0.1) is 0 Å². The molecule has 0 spiro atoms. The van der Waals surface area contributed by atoms with Gasteiger partial charge in [0.1, 0.15) is 19.8 Å². The number of rotatable bonds is 8. The van der Waals surface area contributed by atoms with Crippen molar-refractivity contribution in [2.24, 2.45) is 0 Å². The van der Waals surface area contributed by atoms with Crippen LogP contribution in [-0.4, -0.2) is 20.3 Å². The highest BCUT2D eigenvalue weighted by Crippen LogP contribution is 2.38. The maximum absolute atomic E-state index is 6.10. The number of methoxy groups -OCH3 is 1. The first kappa shape index (κ1) is 24.2. The Morgan fingerprint density at radius 3 is 2.47 bits per heavy atom. The van der Waals surface area contributed by atoms with Gasteiger partial charge in [0.2, 0.25) is 0 Å². The van der Waals surface area contributed by atoms with E-state index in [-0.39, 0.29) is 18.4 Å². The van der Waals surface area contributed by atoms with Gasteiger partial charge in [0.05, 0.1) is 11.6 Å². The predicted octanol–water partition coefficient (Wildman–Crippen LogP) is 6.08. The van der Waals surface area contributed by atoms with E-state index in [1.807, 2.05) is 30.3 Å². The molecular formula is C25H27BrClNO4. The minimum atomic E-state index is 0. The molecule has 5 nitrogen and oxygen atoms in total. The Morgan fingerprint density at radius 2 is 1.72 bits per heavy atom. The summed E-state index contributed by atoms with van der Waals surface area (Å²) in [7, 11) is 1.66. The summed E-state index contributed by atoms with van der Waals surface area (Å²) < 4.78 is 23.8. The Bertz CT molecular complexity index is 1030. The highest BCUT2D eigenvalue weighted by atomic mass is 79.9.